The molecule has 6 heteroatoms. The Morgan fingerprint density at radius 3 is 2.52 bits per heavy atom. The summed E-state index contributed by atoms with van der Waals surface area (Å²) >= 11 is 0. The van der Waals surface area contributed by atoms with Crippen molar-refractivity contribution >= 4 is 28.3 Å². The number of pyridine rings is 1. The molecule has 0 bridgehead atoms. The predicted octanol–water partition coefficient (Wildman–Crippen LogP) is 3.97. The van der Waals surface area contributed by atoms with E-state index < -0.39 is 5.97 Å². The minimum Gasteiger partial charge on any atom is -0.478 e. The Balaban J connectivity index is 1.46. The minimum absolute atomic E-state index is 0.0410. The summed E-state index contributed by atoms with van der Waals surface area (Å²) in [6.45, 7) is 0. The maximum absolute atomic E-state index is 12.9. The molecule has 1 aliphatic heterocycles. The van der Waals surface area contributed by atoms with Gasteiger partial charge in [0.15, 0.2) is 0 Å². The van der Waals surface area contributed by atoms with E-state index >= 15 is 0 Å². The highest BCUT2D eigenvalue weighted by molar-refractivity contribution is 6.08. The van der Waals surface area contributed by atoms with Gasteiger partial charge in [-0.1, -0.05) is 54.7 Å². The summed E-state index contributed by atoms with van der Waals surface area (Å²) in [5.41, 5.74) is 4.96. The van der Waals surface area contributed by atoms with Gasteiger partial charge in [0.1, 0.15) is 0 Å². The molecule has 1 aromatic carbocycles. The lowest BCUT2D eigenvalue weighted by Crippen LogP contribution is -2.24. The van der Waals surface area contributed by atoms with Crippen LogP contribution in [-0.4, -0.2) is 46.4 Å². The van der Waals surface area contributed by atoms with E-state index in [1.807, 2.05) is 56.7 Å². The van der Waals surface area contributed by atoms with Crippen LogP contribution in [0.2, 0.25) is 0 Å². The summed E-state index contributed by atoms with van der Waals surface area (Å²) in [5, 5.41) is 10.1. The van der Waals surface area contributed by atoms with E-state index in [4.69, 9.17) is 0 Å². The van der Waals surface area contributed by atoms with Crippen molar-refractivity contribution in [3.8, 4) is 0 Å². The van der Waals surface area contributed by atoms with Crippen molar-refractivity contribution in [2.75, 3.05) is 14.1 Å². The van der Waals surface area contributed by atoms with Crippen molar-refractivity contribution in [1.29, 1.82) is 0 Å². The van der Waals surface area contributed by atoms with Crippen LogP contribution in [0, 0.1) is 0 Å². The van der Waals surface area contributed by atoms with E-state index in [0.29, 0.717) is 23.4 Å². The number of nitrogens with zero attached hydrogens (tertiary/aromatic N) is 3. The van der Waals surface area contributed by atoms with Crippen LogP contribution in [-0.2, 0) is 6.42 Å². The van der Waals surface area contributed by atoms with Crippen molar-refractivity contribution < 1.29 is 9.90 Å². The second kappa shape index (κ2) is 8.15. The van der Waals surface area contributed by atoms with E-state index in [1.165, 1.54) is 6.07 Å². The average Bonchev–Trinajstić information content (AvgIpc) is 3.21. The number of hydrogen-bond acceptors (Lipinski definition) is 4. The molecule has 0 saturated carbocycles. The van der Waals surface area contributed by atoms with Crippen LogP contribution in [0.3, 0.4) is 0 Å². The summed E-state index contributed by atoms with van der Waals surface area (Å²) in [4.78, 5) is 31.2. The Labute approximate surface area is 191 Å². The molecular weight excluding hydrogens is 414 g/mol. The normalized spacial score (nSPS) is 18.7. The van der Waals surface area contributed by atoms with Gasteiger partial charge in [0.25, 0.3) is 5.56 Å². The lowest BCUT2D eigenvalue weighted by atomic mass is 10.0. The van der Waals surface area contributed by atoms with Crippen LogP contribution in [0.4, 0.5) is 0 Å². The Hall–Kier alpha value is -4.03. The molecular formula is C27H23N3O3. The Kier molecular flexibility index (Phi) is 5.15. The summed E-state index contributed by atoms with van der Waals surface area (Å²) in [6.07, 6.45) is 18.6. The number of carboxylic acids is 1. The summed E-state index contributed by atoms with van der Waals surface area (Å²) < 4.78 is 1.64. The molecule has 2 aliphatic carbocycles. The number of benzene rings is 1. The minimum atomic E-state index is -1.09. The van der Waals surface area contributed by atoms with Crippen molar-refractivity contribution in [1.82, 2.24) is 9.47 Å². The zero-order valence-electron chi connectivity index (χ0n) is 18.4. The Morgan fingerprint density at radius 2 is 1.85 bits per heavy atom. The number of aromatic nitrogens is 1. The van der Waals surface area contributed by atoms with Gasteiger partial charge in [-0.25, -0.2) is 4.79 Å². The van der Waals surface area contributed by atoms with Gasteiger partial charge < -0.3 is 5.11 Å². The van der Waals surface area contributed by atoms with Crippen LogP contribution in [0.5, 0.6) is 0 Å². The second-order valence-electron chi connectivity index (χ2n) is 8.45. The van der Waals surface area contributed by atoms with Gasteiger partial charge >= 0.3 is 5.97 Å². The molecule has 0 fully saturated rings. The lowest BCUT2D eigenvalue weighted by molar-refractivity contribution is 0.0699. The topological polar surface area (TPSA) is 74.9 Å². The van der Waals surface area contributed by atoms with Gasteiger partial charge in [-0.3, -0.25) is 19.3 Å². The highest BCUT2D eigenvalue weighted by Crippen LogP contribution is 2.34. The monoisotopic (exact) mass is 437 g/mol. The number of likely N-dealkylation sites (N-methyl/N-ethyl adjacent to an activating group) is 1. The van der Waals surface area contributed by atoms with Gasteiger partial charge in [-0.05, 0) is 43.0 Å². The van der Waals surface area contributed by atoms with Gasteiger partial charge in [-0.2, -0.15) is 0 Å². The third-order valence-corrected chi connectivity index (χ3v) is 6.11. The molecule has 1 N–H and O–H groups in total. The van der Waals surface area contributed by atoms with Crippen molar-refractivity contribution in [2.24, 2.45) is 4.99 Å². The average molecular weight is 437 g/mol. The van der Waals surface area contributed by atoms with Crippen molar-refractivity contribution in [3.63, 3.8) is 0 Å². The van der Waals surface area contributed by atoms with Gasteiger partial charge in [0, 0.05) is 35.8 Å². The Bertz CT molecular complexity index is 1430. The van der Waals surface area contributed by atoms with E-state index in [2.05, 4.69) is 34.2 Å². The van der Waals surface area contributed by atoms with Crippen LogP contribution < -0.4 is 5.56 Å². The molecule has 33 heavy (non-hydrogen) atoms. The zero-order valence-corrected chi connectivity index (χ0v) is 18.4. The molecule has 0 amide bonds. The SMILES string of the molecule is CN(C)C1C=CC(=CN=C2C=CC(=C3Cc4cccc5c(C(=O)O)cc(=O)n3c45)C=C2)C=C1. The first-order chi connectivity index (χ1) is 15.9. The quantitative estimate of drug-likeness (QED) is 0.788. The number of aliphatic imine (C=N–C) groups is 1. The van der Waals surface area contributed by atoms with Gasteiger partial charge in [0.2, 0.25) is 0 Å². The predicted molar refractivity (Wildman–Crippen MR) is 132 cm³/mol. The molecule has 0 radical (unpaired) electrons. The maximum atomic E-state index is 12.9. The van der Waals surface area contributed by atoms with E-state index in [-0.39, 0.29) is 11.1 Å². The number of rotatable bonds is 3. The molecule has 0 atom stereocenters. The second-order valence-corrected chi connectivity index (χ2v) is 8.45. The number of allylic oxidation sites excluding steroid dienone is 9. The fraction of sp³-hybridized carbons (Fsp3) is 0.148. The summed E-state index contributed by atoms with van der Waals surface area (Å²) in [7, 11) is 4.08. The number of aromatic carboxylic acids is 1. The number of hydrogen-bond donors (Lipinski definition) is 1. The molecule has 3 aliphatic rings. The van der Waals surface area contributed by atoms with E-state index in [9.17, 15) is 14.7 Å². The first kappa shape index (κ1) is 20.8. The number of carbonyl (C=O) groups is 1. The standard InChI is InChI=1S/C27H23N3O3/c1-29(2)21-12-6-17(7-13-21)16-28-20-10-8-18(9-11-20)24-14-19-4-3-5-22-23(27(32)33)15-25(31)30(24)26(19)22/h3-13,15-16,21H,14H2,1-2H3,(H,32,33). The van der Waals surface area contributed by atoms with E-state index in [0.717, 1.165) is 28.1 Å². The molecule has 0 unspecified atom stereocenters. The fourth-order valence-electron chi connectivity index (χ4n) is 4.39. The third kappa shape index (κ3) is 3.75. The first-order valence-corrected chi connectivity index (χ1v) is 10.7. The molecule has 2 heterocycles. The highest BCUT2D eigenvalue weighted by atomic mass is 16.4. The summed E-state index contributed by atoms with van der Waals surface area (Å²) in [6, 6.07) is 7.05. The zero-order chi connectivity index (χ0) is 23.1. The fourth-order valence-corrected chi connectivity index (χ4v) is 4.39. The summed E-state index contributed by atoms with van der Waals surface area (Å²) in [5.74, 6) is -1.09. The molecule has 164 valence electrons. The smallest absolute Gasteiger partial charge is 0.336 e. The maximum Gasteiger partial charge on any atom is 0.336 e. The first-order valence-electron chi connectivity index (χ1n) is 10.7. The third-order valence-electron chi connectivity index (χ3n) is 6.11. The van der Waals surface area contributed by atoms with E-state index in [1.54, 1.807) is 10.6 Å². The van der Waals surface area contributed by atoms with Crippen molar-refractivity contribution in [2.45, 2.75) is 12.5 Å². The molecule has 0 spiro atoms. The number of carboxylic acid groups (broad SMARTS) is 1. The molecule has 5 rings (SSSR count). The van der Waals surface area contributed by atoms with Crippen LogP contribution in [0.1, 0.15) is 15.9 Å². The molecule has 6 nitrogen and oxygen atoms in total. The molecule has 2 aromatic rings. The van der Waals surface area contributed by atoms with Crippen LogP contribution >= 0.6 is 0 Å². The lowest BCUT2D eigenvalue weighted by Gasteiger charge is -2.19. The van der Waals surface area contributed by atoms with Crippen molar-refractivity contribution in [3.05, 3.63) is 112 Å². The van der Waals surface area contributed by atoms with Crippen LogP contribution in [0.15, 0.2) is 100 Å². The number of para-hydroxylation sites is 1. The van der Waals surface area contributed by atoms with Crippen LogP contribution in [0.25, 0.3) is 16.6 Å². The Morgan fingerprint density at radius 1 is 1.12 bits per heavy atom. The molecule has 1 aromatic heterocycles. The molecule has 0 saturated heterocycles. The largest absolute Gasteiger partial charge is 0.478 e. The van der Waals surface area contributed by atoms with Gasteiger partial charge in [-0.15, -0.1) is 0 Å². The highest BCUT2D eigenvalue weighted by Gasteiger charge is 2.25. The van der Waals surface area contributed by atoms with Gasteiger partial charge in [0.05, 0.1) is 16.8 Å².